The van der Waals surface area contributed by atoms with E-state index in [1.54, 1.807) is 0 Å². The smallest absolute Gasteiger partial charge is 0.229 e. The SMILES string of the molecule is Cc1oc(-c2ccccc2)nc1CC(=O)N1CCCC1c1nc2ccccc2[nH]1. The van der Waals surface area contributed by atoms with Crippen molar-refractivity contribution in [2.24, 2.45) is 0 Å². The number of H-pyrrole nitrogens is 1. The van der Waals surface area contributed by atoms with E-state index in [0.29, 0.717) is 17.3 Å². The van der Waals surface area contributed by atoms with Gasteiger partial charge < -0.3 is 14.3 Å². The summed E-state index contributed by atoms with van der Waals surface area (Å²) in [6.07, 6.45) is 2.12. The Hall–Kier alpha value is -3.41. The van der Waals surface area contributed by atoms with Crippen LogP contribution in [-0.4, -0.2) is 32.3 Å². The molecule has 5 rings (SSSR count). The average Bonchev–Trinajstić information content (AvgIpc) is 3.46. The second-order valence-corrected chi connectivity index (χ2v) is 7.45. The molecule has 29 heavy (non-hydrogen) atoms. The number of aromatic amines is 1. The summed E-state index contributed by atoms with van der Waals surface area (Å²) in [6.45, 7) is 2.60. The largest absolute Gasteiger partial charge is 0.441 e. The van der Waals surface area contributed by atoms with Crippen LogP contribution in [0.3, 0.4) is 0 Å². The molecule has 1 amide bonds. The first kappa shape index (κ1) is 17.7. The number of carbonyl (C=O) groups excluding carboxylic acids is 1. The lowest BCUT2D eigenvalue weighted by molar-refractivity contribution is -0.131. The Bertz CT molecular complexity index is 1130. The first-order valence-electron chi connectivity index (χ1n) is 9.95. The van der Waals surface area contributed by atoms with E-state index in [4.69, 9.17) is 9.40 Å². The third-order valence-corrected chi connectivity index (χ3v) is 5.53. The Balaban J connectivity index is 1.37. The maximum Gasteiger partial charge on any atom is 0.229 e. The van der Waals surface area contributed by atoms with Crippen LogP contribution in [0.15, 0.2) is 59.0 Å². The molecule has 2 aromatic heterocycles. The molecule has 1 aliphatic heterocycles. The lowest BCUT2D eigenvalue weighted by Gasteiger charge is -2.23. The van der Waals surface area contributed by atoms with Crippen LogP contribution in [0.4, 0.5) is 0 Å². The van der Waals surface area contributed by atoms with Crippen molar-refractivity contribution < 1.29 is 9.21 Å². The highest BCUT2D eigenvalue weighted by atomic mass is 16.4. The Morgan fingerprint density at radius 3 is 2.76 bits per heavy atom. The van der Waals surface area contributed by atoms with Gasteiger partial charge in [0.1, 0.15) is 11.6 Å². The number of amides is 1. The first-order valence-corrected chi connectivity index (χ1v) is 9.95. The fourth-order valence-corrected chi connectivity index (χ4v) is 4.02. The number of fused-ring (bicyclic) bond motifs is 1. The third kappa shape index (κ3) is 3.31. The first-order chi connectivity index (χ1) is 14.2. The molecule has 0 radical (unpaired) electrons. The van der Waals surface area contributed by atoms with Crippen LogP contribution in [-0.2, 0) is 11.2 Å². The van der Waals surface area contributed by atoms with Gasteiger partial charge in [-0.15, -0.1) is 0 Å². The molecule has 1 saturated heterocycles. The molecular formula is C23H22N4O2. The fourth-order valence-electron chi connectivity index (χ4n) is 4.02. The number of likely N-dealkylation sites (tertiary alicyclic amines) is 1. The van der Waals surface area contributed by atoms with Gasteiger partial charge >= 0.3 is 0 Å². The minimum atomic E-state index is -0.0179. The maximum atomic E-state index is 13.1. The maximum absolute atomic E-state index is 13.1. The van der Waals surface area contributed by atoms with Gasteiger partial charge in [-0.25, -0.2) is 9.97 Å². The Morgan fingerprint density at radius 2 is 1.93 bits per heavy atom. The van der Waals surface area contributed by atoms with Gasteiger partial charge in [0.15, 0.2) is 0 Å². The van der Waals surface area contributed by atoms with Crippen molar-refractivity contribution in [3.63, 3.8) is 0 Å². The van der Waals surface area contributed by atoms with Gasteiger partial charge in [0.2, 0.25) is 11.8 Å². The van der Waals surface area contributed by atoms with Crippen molar-refractivity contribution in [2.45, 2.75) is 32.2 Å². The number of imidazole rings is 1. The number of benzene rings is 2. The quantitative estimate of drug-likeness (QED) is 0.563. The van der Waals surface area contributed by atoms with Gasteiger partial charge in [0.25, 0.3) is 0 Å². The van der Waals surface area contributed by atoms with Crippen molar-refractivity contribution in [3.05, 3.63) is 71.9 Å². The van der Waals surface area contributed by atoms with E-state index in [0.717, 1.165) is 41.8 Å². The number of nitrogens with zero attached hydrogens (tertiary/aromatic N) is 3. The molecule has 1 atom stereocenters. The molecule has 1 N–H and O–H groups in total. The summed E-state index contributed by atoms with van der Waals surface area (Å²) in [5, 5.41) is 0. The highest BCUT2D eigenvalue weighted by molar-refractivity contribution is 5.80. The minimum Gasteiger partial charge on any atom is -0.441 e. The van der Waals surface area contributed by atoms with Crippen LogP contribution in [0.25, 0.3) is 22.5 Å². The number of hydrogen-bond acceptors (Lipinski definition) is 4. The summed E-state index contributed by atoms with van der Waals surface area (Å²) in [5.74, 6) is 2.17. The molecule has 4 aromatic rings. The van der Waals surface area contributed by atoms with Crippen LogP contribution >= 0.6 is 0 Å². The van der Waals surface area contributed by atoms with E-state index >= 15 is 0 Å². The van der Waals surface area contributed by atoms with E-state index in [1.165, 1.54) is 0 Å². The second-order valence-electron chi connectivity index (χ2n) is 7.45. The molecule has 3 heterocycles. The number of aromatic nitrogens is 3. The van der Waals surface area contributed by atoms with Crippen LogP contribution in [0.5, 0.6) is 0 Å². The van der Waals surface area contributed by atoms with Gasteiger partial charge in [-0.2, -0.15) is 0 Å². The molecule has 2 aromatic carbocycles. The van der Waals surface area contributed by atoms with Crippen molar-refractivity contribution in [2.75, 3.05) is 6.54 Å². The molecule has 146 valence electrons. The number of oxazole rings is 1. The summed E-state index contributed by atoms with van der Waals surface area (Å²) in [5.41, 5.74) is 3.54. The second kappa shape index (κ2) is 7.20. The zero-order valence-corrected chi connectivity index (χ0v) is 16.3. The number of nitrogens with one attached hydrogen (secondary N) is 1. The summed E-state index contributed by atoms with van der Waals surface area (Å²) in [7, 11) is 0. The van der Waals surface area contributed by atoms with E-state index in [9.17, 15) is 4.79 Å². The third-order valence-electron chi connectivity index (χ3n) is 5.53. The molecule has 1 aliphatic rings. The normalized spacial score (nSPS) is 16.6. The van der Waals surface area contributed by atoms with Crippen molar-refractivity contribution in [1.29, 1.82) is 0 Å². The number of rotatable bonds is 4. The molecule has 0 spiro atoms. The molecule has 0 saturated carbocycles. The Labute approximate surface area is 168 Å². The molecule has 1 fully saturated rings. The van der Waals surface area contributed by atoms with Crippen LogP contribution in [0.1, 0.15) is 36.2 Å². The van der Waals surface area contributed by atoms with Gasteiger partial charge in [0.05, 0.1) is 29.2 Å². The zero-order valence-electron chi connectivity index (χ0n) is 16.3. The predicted molar refractivity (Wildman–Crippen MR) is 110 cm³/mol. The Kier molecular flexibility index (Phi) is 4.39. The molecular weight excluding hydrogens is 364 g/mol. The molecule has 6 nitrogen and oxygen atoms in total. The van der Waals surface area contributed by atoms with Gasteiger partial charge in [-0.3, -0.25) is 4.79 Å². The standard InChI is InChI=1S/C23H22N4O2/c1-15-19(26-23(29-15)16-8-3-2-4-9-16)14-21(28)27-13-7-12-20(27)22-24-17-10-5-6-11-18(17)25-22/h2-6,8-11,20H,7,12-14H2,1H3,(H,24,25). The van der Waals surface area contributed by atoms with Crippen molar-refractivity contribution >= 4 is 16.9 Å². The topological polar surface area (TPSA) is 75.0 Å². The summed E-state index contributed by atoms with van der Waals surface area (Å²) >= 11 is 0. The minimum absolute atomic E-state index is 0.0179. The molecule has 0 aliphatic carbocycles. The van der Waals surface area contributed by atoms with Crippen LogP contribution in [0, 0.1) is 6.92 Å². The van der Waals surface area contributed by atoms with Crippen molar-refractivity contribution in [3.8, 4) is 11.5 Å². The highest BCUT2D eigenvalue weighted by Gasteiger charge is 2.32. The lowest BCUT2D eigenvalue weighted by Crippen LogP contribution is -2.32. The van der Waals surface area contributed by atoms with Crippen molar-refractivity contribution in [1.82, 2.24) is 19.9 Å². The average molecular weight is 386 g/mol. The van der Waals surface area contributed by atoms with E-state index in [1.807, 2.05) is 66.4 Å². The van der Waals surface area contributed by atoms with Gasteiger partial charge in [-0.1, -0.05) is 30.3 Å². The molecule has 0 bridgehead atoms. The van der Waals surface area contributed by atoms with E-state index in [-0.39, 0.29) is 18.4 Å². The van der Waals surface area contributed by atoms with Gasteiger partial charge in [-0.05, 0) is 44.0 Å². The van der Waals surface area contributed by atoms with Crippen LogP contribution < -0.4 is 0 Å². The summed E-state index contributed by atoms with van der Waals surface area (Å²) in [4.78, 5) is 27.7. The van der Waals surface area contributed by atoms with Gasteiger partial charge in [0, 0.05) is 12.1 Å². The number of hydrogen-bond donors (Lipinski definition) is 1. The molecule has 6 heteroatoms. The lowest BCUT2D eigenvalue weighted by atomic mass is 10.2. The number of carbonyl (C=O) groups is 1. The van der Waals surface area contributed by atoms with E-state index < -0.39 is 0 Å². The van der Waals surface area contributed by atoms with Crippen LogP contribution in [0.2, 0.25) is 0 Å². The number of para-hydroxylation sites is 2. The van der Waals surface area contributed by atoms with E-state index in [2.05, 4.69) is 9.97 Å². The summed E-state index contributed by atoms with van der Waals surface area (Å²) in [6, 6.07) is 17.7. The number of aryl methyl sites for hydroxylation is 1. The monoisotopic (exact) mass is 386 g/mol. The Morgan fingerprint density at radius 1 is 1.14 bits per heavy atom. The fraction of sp³-hybridized carbons (Fsp3) is 0.261. The predicted octanol–water partition coefficient (Wildman–Crippen LogP) is 4.43. The molecule has 1 unspecified atom stereocenters. The summed E-state index contributed by atoms with van der Waals surface area (Å²) < 4.78 is 5.82. The highest BCUT2D eigenvalue weighted by Crippen LogP contribution is 2.32. The zero-order chi connectivity index (χ0) is 19.8.